The first-order chi connectivity index (χ1) is 15.0. The molecular formula is C25H31N3O3. The molecule has 0 atom stereocenters. The van der Waals surface area contributed by atoms with E-state index in [4.69, 9.17) is 4.74 Å². The van der Waals surface area contributed by atoms with Crippen molar-refractivity contribution in [1.82, 2.24) is 4.90 Å². The second-order valence-corrected chi connectivity index (χ2v) is 7.93. The third-order valence-corrected chi connectivity index (χ3v) is 5.11. The van der Waals surface area contributed by atoms with Gasteiger partial charge in [0.15, 0.2) is 0 Å². The Morgan fingerprint density at radius 3 is 2.35 bits per heavy atom. The maximum atomic E-state index is 12.7. The van der Waals surface area contributed by atoms with E-state index in [0.717, 1.165) is 37.2 Å². The summed E-state index contributed by atoms with van der Waals surface area (Å²) in [5.74, 6) is 0.504. The number of hydrogen-bond donors (Lipinski definition) is 2. The minimum Gasteiger partial charge on any atom is -0.487 e. The summed E-state index contributed by atoms with van der Waals surface area (Å²) in [6.07, 6.45) is 4.53. The monoisotopic (exact) mass is 421 g/mol. The van der Waals surface area contributed by atoms with Gasteiger partial charge in [-0.1, -0.05) is 31.6 Å². The quantitative estimate of drug-likeness (QED) is 0.606. The summed E-state index contributed by atoms with van der Waals surface area (Å²) in [6, 6.07) is 14.6. The lowest BCUT2D eigenvalue weighted by molar-refractivity contribution is -0.114. The van der Waals surface area contributed by atoms with E-state index in [1.165, 1.54) is 12.8 Å². The van der Waals surface area contributed by atoms with Gasteiger partial charge < -0.3 is 20.3 Å². The van der Waals surface area contributed by atoms with Gasteiger partial charge in [0.2, 0.25) is 5.91 Å². The molecule has 31 heavy (non-hydrogen) atoms. The number of nitrogens with zero attached hydrogens (tertiary/aromatic N) is 1. The van der Waals surface area contributed by atoms with Gasteiger partial charge in [0, 0.05) is 24.3 Å². The zero-order valence-electron chi connectivity index (χ0n) is 18.2. The average Bonchev–Trinajstić information content (AvgIpc) is 3.06. The first-order valence-electron chi connectivity index (χ1n) is 10.8. The summed E-state index contributed by atoms with van der Waals surface area (Å²) in [5, 5.41) is 5.96. The second kappa shape index (κ2) is 11.2. The molecule has 1 fully saturated rings. The Balaban J connectivity index is 1.52. The van der Waals surface area contributed by atoms with Crippen molar-refractivity contribution < 1.29 is 14.3 Å². The van der Waals surface area contributed by atoms with Crippen LogP contribution in [-0.4, -0.2) is 43.0 Å². The standard InChI is InChI=1S/C25H31N3O3/c1-19(2)18-31-23-10-6-5-9-22(23)27-24(29)17-26-21-13-11-20(12-14-21)25(30)28-15-7-3-4-8-16-28/h5-6,9-14,26H,1,3-4,7-8,15-18H2,2H3,(H,27,29). The minimum atomic E-state index is -0.184. The molecule has 6 heteroatoms. The first-order valence-corrected chi connectivity index (χ1v) is 10.8. The van der Waals surface area contributed by atoms with Crippen molar-refractivity contribution in [1.29, 1.82) is 0 Å². The number of amides is 2. The number of hydrogen-bond acceptors (Lipinski definition) is 4. The Morgan fingerprint density at radius 2 is 1.68 bits per heavy atom. The molecule has 0 aromatic heterocycles. The number of anilines is 2. The van der Waals surface area contributed by atoms with Gasteiger partial charge in [-0.15, -0.1) is 0 Å². The van der Waals surface area contributed by atoms with Gasteiger partial charge in [-0.05, 0) is 61.7 Å². The van der Waals surface area contributed by atoms with Crippen LogP contribution in [0.3, 0.4) is 0 Å². The van der Waals surface area contributed by atoms with E-state index in [9.17, 15) is 9.59 Å². The van der Waals surface area contributed by atoms with Crippen molar-refractivity contribution in [2.24, 2.45) is 0 Å². The number of ether oxygens (including phenoxy) is 1. The van der Waals surface area contributed by atoms with Crippen molar-refractivity contribution in [3.63, 3.8) is 0 Å². The largest absolute Gasteiger partial charge is 0.487 e. The van der Waals surface area contributed by atoms with E-state index >= 15 is 0 Å². The molecule has 0 spiro atoms. The SMILES string of the molecule is C=C(C)COc1ccccc1NC(=O)CNc1ccc(C(=O)N2CCCCCC2)cc1. The molecule has 3 rings (SSSR count). The Kier molecular flexibility index (Phi) is 8.10. The Labute approximate surface area is 184 Å². The number of rotatable bonds is 8. The smallest absolute Gasteiger partial charge is 0.253 e. The van der Waals surface area contributed by atoms with E-state index in [1.807, 2.05) is 54.3 Å². The molecule has 0 saturated carbocycles. The maximum absolute atomic E-state index is 12.7. The summed E-state index contributed by atoms with van der Waals surface area (Å²) in [7, 11) is 0. The molecule has 0 aliphatic carbocycles. The molecule has 2 aromatic rings. The van der Waals surface area contributed by atoms with E-state index in [1.54, 1.807) is 6.07 Å². The van der Waals surface area contributed by atoms with Crippen LogP contribution in [0.4, 0.5) is 11.4 Å². The molecule has 1 saturated heterocycles. The molecule has 2 amide bonds. The molecule has 6 nitrogen and oxygen atoms in total. The Bertz CT molecular complexity index is 900. The van der Waals surface area contributed by atoms with E-state index in [0.29, 0.717) is 23.6 Å². The van der Waals surface area contributed by atoms with Crippen LogP contribution in [0.1, 0.15) is 43.0 Å². The number of nitrogens with one attached hydrogen (secondary N) is 2. The summed E-state index contributed by atoms with van der Waals surface area (Å²) in [5.41, 5.74) is 2.99. The fraction of sp³-hybridized carbons (Fsp3) is 0.360. The second-order valence-electron chi connectivity index (χ2n) is 7.93. The molecule has 2 N–H and O–H groups in total. The number of para-hydroxylation sites is 2. The summed E-state index contributed by atoms with van der Waals surface area (Å²) < 4.78 is 5.69. The zero-order chi connectivity index (χ0) is 22.1. The van der Waals surface area contributed by atoms with Crippen molar-refractivity contribution in [3.05, 3.63) is 66.2 Å². The lowest BCUT2D eigenvalue weighted by atomic mass is 10.1. The molecule has 1 aliphatic rings. The highest BCUT2D eigenvalue weighted by Crippen LogP contribution is 2.24. The van der Waals surface area contributed by atoms with E-state index in [-0.39, 0.29) is 18.4 Å². The third kappa shape index (κ3) is 6.88. The van der Waals surface area contributed by atoms with Gasteiger partial charge in [0.25, 0.3) is 5.91 Å². The van der Waals surface area contributed by atoms with Gasteiger partial charge in [0.1, 0.15) is 12.4 Å². The molecule has 2 aromatic carbocycles. The van der Waals surface area contributed by atoms with Gasteiger partial charge in [-0.2, -0.15) is 0 Å². The predicted octanol–water partition coefficient (Wildman–Crippen LogP) is 4.71. The highest BCUT2D eigenvalue weighted by Gasteiger charge is 2.17. The topological polar surface area (TPSA) is 70.7 Å². The number of carbonyl (C=O) groups is 2. The molecule has 0 radical (unpaired) electrons. The molecule has 164 valence electrons. The fourth-order valence-electron chi connectivity index (χ4n) is 3.46. The average molecular weight is 422 g/mol. The Hall–Kier alpha value is -3.28. The number of likely N-dealkylation sites (tertiary alicyclic amines) is 1. The van der Waals surface area contributed by atoms with Gasteiger partial charge in [0.05, 0.1) is 12.2 Å². The van der Waals surface area contributed by atoms with Crippen LogP contribution in [0.15, 0.2) is 60.7 Å². The maximum Gasteiger partial charge on any atom is 0.253 e. The lowest BCUT2D eigenvalue weighted by Gasteiger charge is -2.20. The summed E-state index contributed by atoms with van der Waals surface area (Å²) >= 11 is 0. The highest BCUT2D eigenvalue weighted by molar-refractivity contribution is 5.96. The summed E-state index contributed by atoms with van der Waals surface area (Å²) in [4.78, 5) is 27.0. The van der Waals surface area contributed by atoms with Crippen molar-refractivity contribution in [2.45, 2.75) is 32.6 Å². The zero-order valence-corrected chi connectivity index (χ0v) is 18.2. The first kappa shape index (κ1) is 22.4. The van der Waals surface area contributed by atoms with Crippen LogP contribution in [0.25, 0.3) is 0 Å². The fourth-order valence-corrected chi connectivity index (χ4v) is 3.46. The van der Waals surface area contributed by atoms with E-state index < -0.39 is 0 Å². The summed E-state index contributed by atoms with van der Waals surface area (Å²) in [6.45, 7) is 7.87. The van der Waals surface area contributed by atoms with Gasteiger partial charge >= 0.3 is 0 Å². The van der Waals surface area contributed by atoms with Crippen LogP contribution in [0.5, 0.6) is 5.75 Å². The number of benzene rings is 2. The molecule has 1 aliphatic heterocycles. The lowest BCUT2D eigenvalue weighted by Crippen LogP contribution is -2.31. The molecule has 0 unspecified atom stereocenters. The molecular weight excluding hydrogens is 390 g/mol. The number of carbonyl (C=O) groups excluding carboxylic acids is 2. The predicted molar refractivity (Wildman–Crippen MR) is 125 cm³/mol. The normalized spacial score (nSPS) is 13.8. The third-order valence-electron chi connectivity index (χ3n) is 5.11. The van der Waals surface area contributed by atoms with Crippen LogP contribution in [-0.2, 0) is 4.79 Å². The highest BCUT2D eigenvalue weighted by atomic mass is 16.5. The van der Waals surface area contributed by atoms with Crippen molar-refractivity contribution in [2.75, 3.05) is 36.9 Å². The van der Waals surface area contributed by atoms with Gasteiger partial charge in [-0.25, -0.2) is 0 Å². The van der Waals surface area contributed by atoms with Gasteiger partial charge in [-0.3, -0.25) is 9.59 Å². The van der Waals surface area contributed by atoms with Crippen LogP contribution in [0.2, 0.25) is 0 Å². The van der Waals surface area contributed by atoms with E-state index in [2.05, 4.69) is 17.2 Å². The Morgan fingerprint density at radius 1 is 1.00 bits per heavy atom. The van der Waals surface area contributed by atoms with Crippen LogP contribution >= 0.6 is 0 Å². The van der Waals surface area contributed by atoms with Crippen molar-refractivity contribution in [3.8, 4) is 5.75 Å². The van der Waals surface area contributed by atoms with Crippen molar-refractivity contribution >= 4 is 23.2 Å². The van der Waals surface area contributed by atoms with Crippen LogP contribution in [0, 0.1) is 0 Å². The van der Waals surface area contributed by atoms with Crippen LogP contribution < -0.4 is 15.4 Å². The minimum absolute atomic E-state index is 0.0811. The molecule has 0 bridgehead atoms. The molecule has 1 heterocycles.